The van der Waals surface area contributed by atoms with Crippen molar-refractivity contribution < 1.29 is 96.8 Å². The summed E-state index contributed by atoms with van der Waals surface area (Å²) in [6, 6.07) is 3.95. The number of hydrogen-bond donors (Lipinski definition) is 9. The summed E-state index contributed by atoms with van der Waals surface area (Å²) in [7, 11) is 3.16. The van der Waals surface area contributed by atoms with Crippen LogP contribution in [0.1, 0.15) is 217 Å². The lowest BCUT2D eigenvalue weighted by Crippen LogP contribution is -2.48. The molecule has 0 aliphatic heterocycles. The van der Waals surface area contributed by atoms with Crippen molar-refractivity contribution in [2.45, 2.75) is 301 Å². The van der Waals surface area contributed by atoms with Crippen molar-refractivity contribution in [2.75, 3.05) is 26.0 Å². The highest BCUT2D eigenvalue weighted by Crippen LogP contribution is 2.40. The van der Waals surface area contributed by atoms with Gasteiger partial charge in [-0.25, -0.2) is 33.9 Å². The van der Waals surface area contributed by atoms with Crippen molar-refractivity contribution in [1.82, 2.24) is 57.0 Å². The number of alkyl carbamates (subject to hydrolysis) is 4. The third-order valence-electron chi connectivity index (χ3n) is 14.9. The van der Waals surface area contributed by atoms with Gasteiger partial charge in [0.2, 0.25) is 5.28 Å². The first kappa shape index (κ1) is 88.2. The Morgan fingerprint density at radius 2 is 0.899 bits per heavy atom. The van der Waals surface area contributed by atoms with Crippen molar-refractivity contribution in [1.29, 1.82) is 0 Å². The van der Waals surface area contributed by atoms with Gasteiger partial charge in [-0.15, -0.1) is 0 Å². The van der Waals surface area contributed by atoms with E-state index in [1.165, 1.54) is 32.5 Å². The Labute approximate surface area is 579 Å². The Balaban J connectivity index is 0.000000411. The van der Waals surface area contributed by atoms with Crippen LogP contribution in [0.5, 0.6) is 0 Å². The molecule has 7 rings (SSSR count). The standard InChI is InChI=1S/C14H23F3N2O3.C13H21F3N2O3.C12H24N2O2.C11H22N2O2.C10H10ClN5.C4H5F3O2/c1-13(2,3)22-12(21)18-9-5-7-10(8-6-9)19(4)11(20)14(15,16)17;1-12(2,3)21-11(20)18-9-6-4-8(5-7-9)17-10(19)13(14,15)16;1-12(2,3)16-11(15)14-10-7-5-9(13-4)6-8-10;1-11(2,3)15-10(14)13-9-6-4-8(12)5-7-9;11-10-12-4-3-8(14-10)13-9-5-7(15-16-9)6-1-2-6;1-2-9-3(8)4(5,6)7/h9-10H,5-8H2,1-4H3,(H,18,21);8-9H,4-7H2,1-3H3,(H,17,19)(H,18,20);9-10,13H,5-8H2,1-4H3,(H,14,15);8-9H,4-7,12H2,1-3H3,(H,13,14);3-6H,1-2H2,(H2,12,13,14,15,16);2H2,1H3. The maximum absolute atomic E-state index is 12.4. The summed E-state index contributed by atoms with van der Waals surface area (Å²) in [5, 5.41) is 26.9. The van der Waals surface area contributed by atoms with Crippen LogP contribution in [0.2, 0.25) is 5.28 Å². The number of carbonyl (C=O) groups is 7. The number of rotatable bonds is 11. The minimum Gasteiger partial charge on any atom is -0.459 e. The molecule has 2 aromatic heterocycles. The van der Waals surface area contributed by atoms with Gasteiger partial charge in [0.1, 0.15) is 28.2 Å². The number of amides is 6. The molecule has 25 nitrogen and oxygen atoms in total. The largest absolute Gasteiger partial charge is 0.490 e. The Bertz CT molecular complexity index is 2790. The molecule has 0 unspecified atom stereocenters. The molecule has 99 heavy (non-hydrogen) atoms. The van der Waals surface area contributed by atoms with Gasteiger partial charge in [0.05, 0.1) is 6.61 Å². The molecule has 10 N–H and O–H groups in total. The second-order valence-corrected chi connectivity index (χ2v) is 28.8. The van der Waals surface area contributed by atoms with Gasteiger partial charge in [0.15, 0.2) is 5.82 Å². The molecule has 5 aliphatic rings. The fraction of sp³-hybridized carbons (Fsp3) is 0.781. The number of H-pyrrole nitrogens is 1. The molecule has 0 spiro atoms. The molecule has 2 aromatic rings. The van der Waals surface area contributed by atoms with Crippen LogP contribution in [-0.2, 0) is 38.1 Å². The normalized spacial score (nSPS) is 21.8. The van der Waals surface area contributed by atoms with Gasteiger partial charge in [-0.2, -0.15) is 44.6 Å². The Kier molecular flexibility index (Phi) is 35.6. The highest BCUT2D eigenvalue weighted by molar-refractivity contribution is 6.28. The maximum Gasteiger partial charge on any atom is 0.490 e. The molecule has 0 bridgehead atoms. The van der Waals surface area contributed by atoms with E-state index in [0.717, 1.165) is 62.1 Å². The van der Waals surface area contributed by atoms with E-state index < -0.39 is 83.0 Å². The van der Waals surface area contributed by atoms with Crippen molar-refractivity contribution >= 4 is 65.4 Å². The molecule has 0 radical (unpaired) electrons. The summed E-state index contributed by atoms with van der Waals surface area (Å²) < 4.78 is 131. The van der Waals surface area contributed by atoms with Gasteiger partial charge in [0.25, 0.3) is 0 Å². The molecule has 0 saturated heterocycles. The Morgan fingerprint density at radius 1 is 0.535 bits per heavy atom. The number of ether oxygens (including phenoxy) is 5. The Hall–Kier alpha value is -6.84. The predicted octanol–water partition coefficient (Wildman–Crippen LogP) is 12.8. The number of halogens is 10. The van der Waals surface area contributed by atoms with E-state index in [1.807, 2.05) is 60.0 Å². The molecule has 6 amide bonds. The molecular weight excluding hydrogens is 1350 g/mol. The van der Waals surface area contributed by atoms with Crippen LogP contribution in [0, 0.1) is 0 Å². The molecule has 5 fully saturated rings. The van der Waals surface area contributed by atoms with E-state index in [-0.39, 0.29) is 48.2 Å². The van der Waals surface area contributed by atoms with E-state index in [4.69, 9.17) is 36.3 Å². The van der Waals surface area contributed by atoms with Crippen LogP contribution in [0.3, 0.4) is 0 Å². The number of nitrogens with zero attached hydrogens (tertiary/aromatic N) is 4. The van der Waals surface area contributed by atoms with Gasteiger partial charge in [-0.1, -0.05) is 0 Å². The van der Waals surface area contributed by atoms with Gasteiger partial charge < -0.3 is 71.5 Å². The van der Waals surface area contributed by atoms with Gasteiger partial charge in [0, 0.05) is 79.3 Å². The minimum atomic E-state index is -4.86. The lowest BCUT2D eigenvalue weighted by Gasteiger charge is -2.35. The average molecular weight is 1460 g/mol. The predicted molar refractivity (Wildman–Crippen MR) is 352 cm³/mol. The summed E-state index contributed by atoms with van der Waals surface area (Å²) in [4.78, 5) is 86.5. The molecule has 35 heteroatoms. The van der Waals surface area contributed by atoms with Crippen LogP contribution in [0.25, 0.3) is 0 Å². The van der Waals surface area contributed by atoms with Crippen molar-refractivity contribution in [2.24, 2.45) is 5.73 Å². The van der Waals surface area contributed by atoms with Crippen LogP contribution < -0.4 is 43.0 Å². The number of anilines is 2. The van der Waals surface area contributed by atoms with E-state index in [1.54, 1.807) is 53.8 Å². The zero-order valence-corrected chi connectivity index (χ0v) is 60.2. The number of aromatic amines is 1. The molecular formula is C64H105ClF9N13O12. The van der Waals surface area contributed by atoms with Gasteiger partial charge in [-0.3, -0.25) is 14.7 Å². The van der Waals surface area contributed by atoms with Crippen LogP contribution >= 0.6 is 11.6 Å². The first-order valence-electron chi connectivity index (χ1n) is 33.1. The van der Waals surface area contributed by atoms with Crippen LogP contribution in [0.15, 0.2) is 18.3 Å². The molecule has 0 atom stereocenters. The lowest BCUT2D eigenvalue weighted by atomic mass is 9.90. The molecule has 5 saturated carbocycles. The smallest absolute Gasteiger partial charge is 0.459 e. The summed E-state index contributed by atoms with van der Waals surface area (Å²) in [5.74, 6) is -3.80. The molecule has 568 valence electrons. The maximum atomic E-state index is 12.4. The zero-order chi connectivity index (χ0) is 75.5. The lowest BCUT2D eigenvalue weighted by molar-refractivity contribution is -0.199. The van der Waals surface area contributed by atoms with Gasteiger partial charge in [-0.05, 0) is 230 Å². The highest BCUT2D eigenvalue weighted by atomic mass is 35.5. The number of alkyl halides is 9. The number of hydrogen-bond acceptors (Lipinski definition) is 18. The summed E-state index contributed by atoms with van der Waals surface area (Å²) in [5.41, 5.74) is 4.94. The third kappa shape index (κ3) is 40.3. The van der Waals surface area contributed by atoms with Gasteiger partial charge >= 0.3 is 60.7 Å². The number of nitrogens with one attached hydrogen (secondary N) is 8. The average Bonchev–Trinajstić information content (AvgIpc) is 1.82. The minimum absolute atomic E-state index is 0.138. The first-order chi connectivity index (χ1) is 45.4. The highest BCUT2D eigenvalue weighted by Gasteiger charge is 2.44. The second-order valence-electron chi connectivity index (χ2n) is 28.5. The Morgan fingerprint density at radius 3 is 1.21 bits per heavy atom. The van der Waals surface area contributed by atoms with Crippen molar-refractivity contribution in [3.05, 3.63) is 29.3 Å². The fourth-order valence-corrected chi connectivity index (χ4v) is 10.2. The molecule has 2 heterocycles. The summed E-state index contributed by atoms with van der Waals surface area (Å²) in [6.07, 6.45) is -0.281. The van der Waals surface area contributed by atoms with E-state index >= 15 is 0 Å². The number of nitrogens with two attached hydrogens (primary N) is 1. The third-order valence-corrected chi connectivity index (χ3v) is 15.1. The summed E-state index contributed by atoms with van der Waals surface area (Å²) in [6.45, 7) is 22.8. The quantitative estimate of drug-likeness (QED) is 0.0437. The number of carbonyl (C=O) groups excluding carboxylic acids is 7. The second kappa shape index (κ2) is 40.0. The van der Waals surface area contributed by atoms with E-state index in [9.17, 15) is 73.1 Å². The van der Waals surface area contributed by atoms with Crippen molar-refractivity contribution in [3.8, 4) is 0 Å². The van der Waals surface area contributed by atoms with Crippen LogP contribution in [0.4, 0.5) is 70.3 Å². The van der Waals surface area contributed by atoms with Crippen molar-refractivity contribution in [3.63, 3.8) is 0 Å². The first-order valence-corrected chi connectivity index (χ1v) is 33.5. The number of esters is 1. The fourth-order valence-electron chi connectivity index (χ4n) is 10.1. The van der Waals surface area contributed by atoms with E-state index in [0.29, 0.717) is 75.2 Å². The zero-order valence-electron chi connectivity index (χ0n) is 59.4. The molecule has 5 aliphatic carbocycles. The SMILES string of the molecule is CC(C)(C)OC(=O)NC1CCC(N)CC1.CC(C)(C)OC(=O)NC1CCC(NC(=O)C(F)(F)F)CC1.CCOC(=O)C(F)(F)F.CN(C(=O)C(F)(F)F)C1CCC(NC(=O)OC(C)(C)C)CC1.CNC1CCC(NC(=O)OC(C)(C)C)CC1.Clc1nccc(Nc2cc(C3CC3)[nH]n2)n1. The monoisotopic (exact) mass is 1450 g/mol. The number of aromatic nitrogens is 4. The van der Waals surface area contributed by atoms with Crippen LogP contribution in [-0.4, -0.2) is 177 Å². The molecule has 0 aromatic carbocycles. The summed E-state index contributed by atoms with van der Waals surface area (Å²) >= 11 is 5.69. The topological polar surface area (TPSA) is 334 Å². The van der Waals surface area contributed by atoms with E-state index in [2.05, 4.69) is 56.8 Å².